The van der Waals surface area contributed by atoms with Crippen molar-refractivity contribution in [2.75, 3.05) is 13.2 Å². The fourth-order valence-electron chi connectivity index (χ4n) is 1.84. The molecule has 7 heteroatoms. The molecule has 1 aliphatic heterocycles. The van der Waals surface area contributed by atoms with Crippen LogP contribution in [0.4, 0.5) is 0 Å². The third-order valence-corrected chi connectivity index (χ3v) is 2.99. The van der Waals surface area contributed by atoms with E-state index in [9.17, 15) is 0 Å². The number of hydrogen-bond donors (Lipinski definition) is 2. The Bertz CT molecular complexity index is 408. The summed E-state index contributed by atoms with van der Waals surface area (Å²) in [7, 11) is 0. The van der Waals surface area contributed by atoms with Crippen molar-refractivity contribution in [3.63, 3.8) is 0 Å². The summed E-state index contributed by atoms with van der Waals surface area (Å²) in [5.74, 6) is 1.82. The SMILES string of the molecule is Cc1nc(CN=C(N)NCC2CCCO2)oc1C.I. The monoisotopic (exact) mass is 380 g/mol. The van der Waals surface area contributed by atoms with Gasteiger partial charge < -0.3 is 20.2 Å². The smallest absolute Gasteiger partial charge is 0.216 e. The van der Waals surface area contributed by atoms with Crippen molar-refractivity contribution >= 4 is 29.9 Å². The minimum atomic E-state index is 0. The average Bonchev–Trinajstić information content (AvgIpc) is 2.95. The zero-order valence-electron chi connectivity index (χ0n) is 11.3. The third-order valence-electron chi connectivity index (χ3n) is 2.99. The molecular formula is C12H21IN4O2. The first-order valence-corrected chi connectivity index (χ1v) is 6.23. The van der Waals surface area contributed by atoms with Crippen molar-refractivity contribution in [3.05, 3.63) is 17.3 Å². The molecule has 3 N–H and O–H groups in total. The van der Waals surface area contributed by atoms with Gasteiger partial charge in [-0.2, -0.15) is 0 Å². The maximum Gasteiger partial charge on any atom is 0.216 e. The standard InChI is InChI=1S/C12H20N4O2.HI/c1-8-9(2)18-11(16-8)7-15-12(13)14-6-10-4-3-5-17-10;/h10H,3-7H2,1-2H3,(H3,13,14,15);1H. The highest BCUT2D eigenvalue weighted by molar-refractivity contribution is 14.0. The molecule has 1 aromatic heterocycles. The highest BCUT2D eigenvalue weighted by Crippen LogP contribution is 2.10. The van der Waals surface area contributed by atoms with E-state index in [1.54, 1.807) is 0 Å². The molecule has 1 atom stereocenters. The summed E-state index contributed by atoms with van der Waals surface area (Å²) in [5, 5.41) is 3.05. The highest BCUT2D eigenvalue weighted by atomic mass is 127. The van der Waals surface area contributed by atoms with Crippen LogP contribution in [0.1, 0.15) is 30.2 Å². The number of aliphatic imine (C=N–C) groups is 1. The first-order valence-electron chi connectivity index (χ1n) is 6.23. The molecule has 0 radical (unpaired) electrons. The number of nitrogens with one attached hydrogen (secondary N) is 1. The van der Waals surface area contributed by atoms with E-state index in [0.717, 1.165) is 30.9 Å². The van der Waals surface area contributed by atoms with Crippen LogP contribution in [-0.4, -0.2) is 30.2 Å². The van der Waals surface area contributed by atoms with Crippen LogP contribution in [0, 0.1) is 13.8 Å². The molecule has 1 saturated heterocycles. The Morgan fingerprint density at radius 3 is 2.89 bits per heavy atom. The Hall–Kier alpha value is -0.830. The molecule has 108 valence electrons. The Balaban J connectivity index is 0.00000180. The van der Waals surface area contributed by atoms with Crippen molar-refractivity contribution < 1.29 is 9.15 Å². The maximum absolute atomic E-state index is 5.76. The van der Waals surface area contributed by atoms with Crippen molar-refractivity contribution in [1.82, 2.24) is 10.3 Å². The van der Waals surface area contributed by atoms with Crippen LogP contribution < -0.4 is 11.1 Å². The van der Waals surface area contributed by atoms with E-state index in [2.05, 4.69) is 15.3 Å². The number of rotatable bonds is 4. The average molecular weight is 380 g/mol. The summed E-state index contributed by atoms with van der Waals surface area (Å²) < 4.78 is 10.9. The summed E-state index contributed by atoms with van der Waals surface area (Å²) in [6.45, 7) is 5.70. The second kappa shape index (κ2) is 7.68. The lowest BCUT2D eigenvalue weighted by molar-refractivity contribution is 0.114. The molecule has 6 nitrogen and oxygen atoms in total. The van der Waals surface area contributed by atoms with Gasteiger partial charge in [-0.25, -0.2) is 9.98 Å². The first kappa shape index (κ1) is 16.2. The number of aryl methyl sites for hydroxylation is 2. The topological polar surface area (TPSA) is 85.7 Å². The first-order chi connectivity index (χ1) is 8.65. The van der Waals surface area contributed by atoms with Crippen molar-refractivity contribution in [2.45, 2.75) is 39.3 Å². The predicted molar refractivity (Wildman–Crippen MR) is 83.7 cm³/mol. The Morgan fingerprint density at radius 2 is 2.32 bits per heavy atom. The van der Waals surface area contributed by atoms with Gasteiger partial charge in [-0.05, 0) is 26.7 Å². The Morgan fingerprint density at radius 1 is 1.53 bits per heavy atom. The summed E-state index contributed by atoms with van der Waals surface area (Å²) in [5.41, 5.74) is 6.65. The fraction of sp³-hybridized carbons (Fsp3) is 0.667. The van der Waals surface area contributed by atoms with Crippen LogP contribution in [-0.2, 0) is 11.3 Å². The van der Waals surface area contributed by atoms with E-state index in [1.165, 1.54) is 0 Å². The molecule has 0 bridgehead atoms. The lowest BCUT2D eigenvalue weighted by atomic mass is 10.2. The number of guanidine groups is 1. The fourth-order valence-corrected chi connectivity index (χ4v) is 1.84. The number of halogens is 1. The van der Waals surface area contributed by atoms with E-state index in [1.807, 2.05) is 13.8 Å². The van der Waals surface area contributed by atoms with E-state index in [0.29, 0.717) is 24.9 Å². The largest absolute Gasteiger partial charge is 0.444 e. The van der Waals surface area contributed by atoms with Gasteiger partial charge in [-0.1, -0.05) is 0 Å². The summed E-state index contributed by atoms with van der Waals surface area (Å²) in [4.78, 5) is 8.42. The second-order valence-electron chi connectivity index (χ2n) is 4.47. The summed E-state index contributed by atoms with van der Waals surface area (Å²) >= 11 is 0. The lowest BCUT2D eigenvalue weighted by Crippen LogP contribution is -2.37. The Kier molecular flexibility index (Phi) is 6.56. The zero-order chi connectivity index (χ0) is 13.0. The number of aromatic nitrogens is 1. The van der Waals surface area contributed by atoms with Gasteiger partial charge in [-0.3, -0.25) is 0 Å². The van der Waals surface area contributed by atoms with Gasteiger partial charge in [0.15, 0.2) is 5.96 Å². The minimum Gasteiger partial charge on any atom is -0.444 e. The van der Waals surface area contributed by atoms with Crippen LogP contribution in [0.2, 0.25) is 0 Å². The third kappa shape index (κ3) is 4.98. The van der Waals surface area contributed by atoms with E-state index in [-0.39, 0.29) is 30.1 Å². The molecule has 0 saturated carbocycles. The number of nitrogens with two attached hydrogens (primary N) is 1. The van der Waals surface area contributed by atoms with Crippen LogP contribution in [0.15, 0.2) is 9.41 Å². The van der Waals surface area contributed by atoms with Crippen LogP contribution in [0.3, 0.4) is 0 Å². The Labute approximate surface area is 130 Å². The van der Waals surface area contributed by atoms with Gasteiger partial charge in [0.05, 0.1) is 11.8 Å². The molecule has 0 spiro atoms. The molecule has 0 aromatic carbocycles. The number of oxazole rings is 1. The molecule has 2 heterocycles. The van der Waals surface area contributed by atoms with Gasteiger partial charge in [-0.15, -0.1) is 24.0 Å². The quantitative estimate of drug-likeness (QED) is 0.470. The van der Waals surface area contributed by atoms with Gasteiger partial charge in [0, 0.05) is 13.2 Å². The second-order valence-corrected chi connectivity index (χ2v) is 4.47. The van der Waals surface area contributed by atoms with E-state index in [4.69, 9.17) is 14.9 Å². The molecule has 2 rings (SSSR count). The van der Waals surface area contributed by atoms with Crippen molar-refractivity contribution in [1.29, 1.82) is 0 Å². The molecule has 1 fully saturated rings. The number of nitrogens with zero attached hydrogens (tertiary/aromatic N) is 2. The van der Waals surface area contributed by atoms with Crippen LogP contribution >= 0.6 is 24.0 Å². The number of hydrogen-bond acceptors (Lipinski definition) is 4. The molecule has 19 heavy (non-hydrogen) atoms. The van der Waals surface area contributed by atoms with Crippen LogP contribution in [0.5, 0.6) is 0 Å². The van der Waals surface area contributed by atoms with Gasteiger partial charge in [0.2, 0.25) is 5.89 Å². The molecular weight excluding hydrogens is 359 g/mol. The van der Waals surface area contributed by atoms with Gasteiger partial charge in [0.25, 0.3) is 0 Å². The van der Waals surface area contributed by atoms with Crippen molar-refractivity contribution in [2.24, 2.45) is 10.7 Å². The van der Waals surface area contributed by atoms with E-state index < -0.39 is 0 Å². The zero-order valence-corrected chi connectivity index (χ0v) is 13.6. The predicted octanol–water partition coefficient (Wildman–Crippen LogP) is 1.49. The van der Waals surface area contributed by atoms with Gasteiger partial charge in [0.1, 0.15) is 12.3 Å². The van der Waals surface area contributed by atoms with E-state index >= 15 is 0 Å². The molecule has 1 aliphatic rings. The highest BCUT2D eigenvalue weighted by Gasteiger charge is 2.14. The lowest BCUT2D eigenvalue weighted by Gasteiger charge is -2.10. The normalized spacial score (nSPS) is 19.3. The molecule has 0 amide bonds. The molecule has 1 unspecified atom stereocenters. The summed E-state index contributed by atoms with van der Waals surface area (Å²) in [6.07, 6.45) is 2.46. The van der Waals surface area contributed by atoms with Crippen LogP contribution in [0.25, 0.3) is 0 Å². The number of ether oxygens (including phenoxy) is 1. The maximum atomic E-state index is 5.76. The molecule has 0 aliphatic carbocycles. The summed E-state index contributed by atoms with van der Waals surface area (Å²) in [6, 6.07) is 0. The van der Waals surface area contributed by atoms with Crippen molar-refractivity contribution in [3.8, 4) is 0 Å². The molecule has 1 aromatic rings. The van der Waals surface area contributed by atoms with Gasteiger partial charge >= 0.3 is 0 Å². The minimum absolute atomic E-state index is 0.